The number of nitrogens with zero attached hydrogens (tertiary/aromatic N) is 2. The maximum absolute atomic E-state index is 11.7. The molecular weight excluding hydrogens is 316 g/mol. The number of nitrogens with one attached hydrogen (secondary N) is 1. The molecule has 0 unspecified atom stereocenters. The summed E-state index contributed by atoms with van der Waals surface area (Å²) in [6, 6.07) is 5.60. The number of allylic oxidation sites excluding steroid dienone is 2. The summed E-state index contributed by atoms with van der Waals surface area (Å²) >= 11 is 0. The molecule has 0 heterocycles. The van der Waals surface area contributed by atoms with Crippen molar-refractivity contribution in [3.05, 3.63) is 45.8 Å². The number of non-ortho nitro benzene ring substituents is 1. The number of benzene rings is 1. The van der Waals surface area contributed by atoms with E-state index in [-0.39, 0.29) is 11.4 Å². The number of carbonyl (C=O) groups is 2. The van der Waals surface area contributed by atoms with E-state index in [0.29, 0.717) is 17.1 Å². The van der Waals surface area contributed by atoms with E-state index in [9.17, 15) is 19.7 Å². The molecule has 128 valence electrons. The topological polar surface area (TPSA) is 137 Å². The zero-order valence-electron chi connectivity index (χ0n) is 13.5. The number of nitro groups is 1. The van der Waals surface area contributed by atoms with Crippen LogP contribution in [0.3, 0.4) is 0 Å². The lowest BCUT2D eigenvalue weighted by molar-refractivity contribution is -0.384. The van der Waals surface area contributed by atoms with Gasteiger partial charge in [-0.05, 0) is 26.0 Å². The summed E-state index contributed by atoms with van der Waals surface area (Å²) in [4.78, 5) is 36.8. The van der Waals surface area contributed by atoms with Crippen molar-refractivity contribution in [1.29, 1.82) is 0 Å². The quantitative estimate of drug-likeness (QED) is 0.350. The van der Waals surface area contributed by atoms with Crippen LogP contribution in [0.4, 0.5) is 11.4 Å². The van der Waals surface area contributed by atoms with Gasteiger partial charge in [0.15, 0.2) is 6.61 Å². The zero-order valence-corrected chi connectivity index (χ0v) is 13.5. The predicted molar refractivity (Wildman–Crippen MR) is 87.5 cm³/mol. The van der Waals surface area contributed by atoms with Crippen LogP contribution in [0.5, 0.6) is 0 Å². The van der Waals surface area contributed by atoms with Crippen LogP contribution in [0, 0.1) is 10.1 Å². The molecule has 3 N–H and O–H groups in total. The summed E-state index contributed by atoms with van der Waals surface area (Å²) in [5.41, 5.74) is 7.16. The third-order valence-electron chi connectivity index (χ3n) is 2.78. The SMILES string of the molecule is CC(=O)OCC(=O)NC(C(C)=Nc1ccc([N+](=O)[O-])cc1)=C(C)N. The van der Waals surface area contributed by atoms with Crippen LogP contribution in [0.15, 0.2) is 40.7 Å². The van der Waals surface area contributed by atoms with Crippen molar-refractivity contribution in [3.8, 4) is 0 Å². The summed E-state index contributed by atoms with van der Waals surface area (Å²) in [7, 11) is 0. The number of esters is 1. The monoisotopic (exact) mass is 334 g/mol. The van der Waals surface area contributed by atoms with Gasteiger partial charge in [-0.2, -0.15) is 0 Å². The van der Waals surface area contributed by atoms with Gasteiger partial charge in [0.1, 0.15) is 0 Å². The number of nitro benzene ring substituents is 1. The smallest absolute Gasteiger partial charge is 0.303 e. The average Bonchev–Trinajstić information content (AvgIpc) is 2.50. The Morgan fingerprint density at radius 1 is 1.25 bits per heavy atom. The van der Waals surface area contributed by atoms with Gasteiger partial charge in [-0.3, -0.25) is 24.7 Å². The Hall–Kier alpha value is -3.23. The standard InChI is InChI=1S/C15H18N4O5/c1-9(16)15(18-14(21)8-24-11(3)20)10(2)17-12-4-6-13(7-5-12)19(22)23/h4-7H,8,16H2,1-3H3,(H,18,21). The lowest BCUT2D eigenvalue weighted by Gasteiger charge is -2.11. The lowest BCUT2D eigenvalue weighted by atomic mass is 10.2. The minimum absolute atomic E-state index is 0.0490. The first kappa shape index (κ1) is 18.8. The second-order valence-electron chi connectivity index (χ2n) is 4.86. The molecule has 0 aromatic heterocycles. The highest BCUT2D eigenvalue weighted by Gasteiger charge is 2.12. The molecule has 0 spiro atoms. The van der Waals surface area contributed by atoms with Gasteiger partial charge < -0.3 is 15.8 Å². The van der Waals surface area contributed by atoms with Crippen LogP contribution in [0.1, 0.15) is 20.8 Å². The molecule has 0 aliphatic heterocycles. The Bertz CT molecular complexity index is 703. The molecule has 1 aromatic rings. The fourth-order valence-corrected chi connectivity index (χ4v) is 1.72. The van der Waals surface area contributed by atoms with Gasteiger partial charge in [0.25, 0.3) is 11.6 Å². The summed E-state index contributed by atoms with van der Waals surface area (Å²) < 4.78 is 4.60. The van der Waals surface area contributed by atoms with Crippen LogP contribution in [-0.4, -0.2) is 29.1 Å². The van der Waals surface area contributed by atoms with Crippen molar-refractivity contribution in [2.24, 2.45) is 10.7 Å². The summed E-state index contributed by atoms with van der Waals surface area (Å²) in [6.45, 7) is 3.96. The maximum atomic E-state index is 11.7. The van der Waals surface area contributed by atoms with Crippen LogP contribution in [0.25, 0.3) is 0 Å². The Morgan fingerprint density at radius 3 is 2.29 bits per heavy atom. The molecule has 0 fully saturated rings. The molecule has 0 saturated heterocycles. The Labute approximate surface area is 138 Å². The first-order valence-corrected chi connectivity index (χ1v) is 6.90. The maximum Gasteiger partial charge on any atom is 0.303 e. The predicted octanol–water partition coefficient (Wildman–Crippen LogP) is 1.56. The molecule has 0 bridgehead atoms. The van der Waals surface area contributed by atoms with E-state index < -0.39 is 23.4 Å². The summed E-state index contributed by atoms with van der Waals surface area (Å²) in [5.74, 6) is -1.13. The minimum atomic E-state index is -0.573. The first-order valence-electron chi connectivity index (χ1n) is 6.90. The van der Waals surface area contributed by atoms with E-state index in [1.165, 1.54) is 31.2 Å². The second kappa shape index (κ2) is 8.42. The van der Waals surface area contributed by atoms with Crippen molar-refractivity contribution < 1.29 is 19.2 Å². The van der Waals surface area contributed by atoms with Gasteiger partial charge in [-0.1, -0.05) is 0 Å². The zero-order chi connectivity index (χ0) is 18.3. The highest BCUT2D eigenvalue weighted by Crippen LogP contribution is 2.19. The fraction of sp³-hybridized carbons (Fsp3) is 0.267. The minimum Gasteiger partial charge on any atom is -0.456 e. The largest absolute Gasteiger partial charge is 0.456 e. The van der Waals surface area contributed by atoms with Gasteiger partial charge in [-0.15, -0.1) is 0 Å². The van der Waals surface area contributed by atoms with E-state index in [1.807, 2.05) is 0 Å². The first-order chi connectivity index (χ1) is 11.2. The van der Waals surface area contributed by atoms with E-state index in [1.54, 1.807) is 13.8 Å². The molecule has 0 atom stereocenters. The van der Waals surface area contributed by atoms with E-state index in [0.717, 1.165) is 0 Å². The third kappa shape index (κ3) is 5.87. The number of ether oxygens (including phenoxy) is 1. The molecule has 0 radical (unpaired) electrons. The van der Waals surface area contributed by atoms with Crippen molar-refractivity contribution in [3.63, 3.8) is 0 Å². The molecule has 0 aliphatic carbocycles. The number of hydrogen-bond donors (Lipinski definition) is 2. The highest BCUT2D eigenvalue weighted by atomic mass is 16.6. The lowest BCUT2D eigenvalue weighted by Crippen LogP contribution is -2.32. The highest BCUT2D eigenvalue weighted by molar-refractivity contribution is 6.03. The molecule has 0 saturated carbocycles. The third-order valence-corrected chi connectivity index (χ3v) is 2.78. The van der Waals surface area contributed by atoms with Gasteiger partial charge in [0.05, 0.1) is 22.0 Å². The number of nitrogens with two attached hydrogens (primary N) is 1. The van der Waals surface area contributed by atoms with E-state index >= 15 is 0 Å². The van der Waals surface area contributed by atoms with Gasteiger partial charge in [0, 0.05) is 24.8 Å². The molecular formula is C15H18N4O5. The molecule has 9 heteroatoms. The number of aliphatic imine (C=N–C) groups is 1. The molecule has 1 amide bonds. The van der Waals surface area contributed by atoms with Crippen molar-refractivity contribution in [1.82, 2.24) is 5.32 Å². The number of rotatable bonds is 6. The van der Waals surface area contributed by atoms with Crippen molar-refractivity contribution in [2.75, 3.05) is 6.61 Å². The molecule has 0 aliphatic rings. The van der Waals surface area contributed by atoms with Crippen LogP contribution in [-0.2, 0) is 14.3 Å². The Balaban J connectivity index is 2.92. The van der Waals surface area contributed by atoms with E-state index in [4.69, 9.17) is 5.73 Å². The van der Waals surface area contributed by atoms with Crippen molar-refractivity contribution in [2.45, 2.75) is 20.8 Å². The number of hydrogen-bond acceptors (Lipinski definition) is 7. The molecule has 24 heavy (non-hydrogen) atoms. The number of carbonyl (C=O) groups excluding carboxylic acids is 2. The van der Waals surface area contributed by atoms with E-state index in [2.05, 4.69) is 15.0 Å². The second-order valence-corrected chi connectivity index (χ2v) is 4.86. The summed E-state index contributed by atoms with van der Waals surface area (Å²) in [6.07, 6.45) is 0. The molecule has 1 aromatic carbocycles. The average molecular weight is 334 g/mol. The van der Waals surface area contributed by atoms with Crippen LogP contribution >= 0.6 is 0 Å². The Morgan fingerprint density at radius 2 is 1.83 bits per heavy atom. The van der Waals surface area contributed by atoms with Crippen LogP contribution < -0.4 is 11.1 Å². The number of amides is 1. The van der Waals surface area contributed by atoms with Gasteiger partial charge in [-0.25, -0.2) is 0 Å². The fourth-order valence-electron chi connectivity index (χ4n) is 1.72. The van der Waals surface area contributed by atoms with Crippen LogP contribution in [0.2, 0.25) is 0 Å². The molecule has 1 rings (SSSR count). The summed E-state index contributed by atoms with van der Waals surface area (Å²) in [5, 5.41) is 13.1. The van der Waals surface area contributed by atoms with Gasteiger partial charge in [0.2, 0.25) is 0 Å². The molecule has 9 nitrogen and oxygen atoms in total. The van der Waals surface area contributed by atoms with Crippen molar-refractivity contribution >= 4 is 29.0 Å². The normalized spacial score (nSPS) is 12.2. The Kier molecular flexibility index (Phi) is 6.60. The van der Waals surface area contributed by atoms with Gasteiger partial charge >= 0.3 is 5.97 Å².